The molecule has 17 heavy (non-hydrogen) atoms. The minimum absolute atomic E-state index is 0.0355. The predicted octanol–water partition coefficient (Wildman–Crippen LogP) is 1.22. The van der Waals surface area contributed by atoms with E-state index in [1.54, 1.807) is 24.5 Å². The van der Waals surface area contributed by atoms with Crippen LogP contribution in [0.25, 0.3) is 0 Å². The van der Waals surface area contributed by atoms with Crippen LogP contribution in [0.15, 0.2) is 24.5 Å². The molecule has 1 aliphatic heterocycles. The van der Waals surface area contributed by atoms with Gasteiger partial charge >= 0.3 is 0 Å². The van der Waals surface area contributed by atoms with Crippen LogP contribution in [0.4, 0.5) is 0 Å². The number of hydrogen-bond acceptors (Lipinski definition) is 3. The average molecular weight is 249 g/mol. The third-order valence-electron chi connectivity index (χ3n) is 3.04. The fourth-order valence-corrected chi connectivity index (χ4v) is 2.26. The molecule has 1 aromatic heterocycles. The summed E-state index contributed by atoms with van der Waals surface area (Å²) in [6.07, 6.45) is 5.19. The maximum atomic E-state index is 12.2. The summed E-state index contributed by atoms with van der Waals surface area (Å²) in [5.41, 5.74) is 6.32. The number of aromatic nitrogens is 1. The van der Waals surface area contributed by atoms with Crippen LogP contribution in [0.2, 0.25) is 0 Å². The standard InChI is InChI=1S/C12H15N3OS/c13-11(17)10-2-1-7-15(8-10)12(16)9-3-5-14-6-4-9/h3-6,10H,1-2,7-8H2,(H2,13,17). The van der Waals surface area contributed by atoms with Gasteiger partial charge in [-0.15, -0.1) is 0 Å². The van der Waals surface area contributed by atoms with Crippen molar-refractivity contribution in [2.45, 2.75) is 12.8 Å². The lowest BCUT2D eigenvalue weighted by molar-refractivity contribution is 0.0703. The molecule has 4 nitrogen and oxygen atoms in total. The maximum absolute atomic E-state index is 12.2. The van der Waals surface area contributed by atoms with Gasteiger partial charge in [0.2, 0.25) is 0 Å². The largest absolute Gasteiger partial charge is 0.393 e. The topological polar surface area (TPSA) is 59.2 Å². The van der Waals surface area contributed by atoms with Crippen molar-refractivity contribution in [3.05, 3.63) is 30.1 Å². The molecule has 90 valence electrons. The second kappa shape index (κ2) is 5.23. The summed E-state index contributed by atoms with van der Waals surface area (Å²) in [4.78, 5) is 18.4. The van der Waals surface area contributed by atoms with Crippen molar-refractivity contribution in [3.8, 4) is 0 Å². The van der Waals surface area contributed by atoms with Gasteiger partial charge in [0.25, 0.3) is 5.91 Å². The predicted molar refractivity (Wildman–Crippen MR) is 69.6 cm³/mol. The van der Waals surface area contributed by atoms with Gasteiger partial charge in [0.1, 0.15) is 0 Å². The Kier molecular flexibility index (Phi) is 3.68. The smallest absolute Gasteiger partial charge is 0.253 e. The molecule has 0 aliphatic carbocycles. The highest BCUT2D eigenvalue weighted by Gasteiger charge is 2.25. The van der Waals surface area contributed by atoms with Gasteiger partial charge in [0.15, 0.2) is 0 Å². The Morgan fingerprint density at radius 3 is 2.82 bits per heavy atom. The molecule has 5 heteroatoms. The van der Waals surface area contributed by atoms with Crippen molar-refractivity contribution in [2.24, 2.45) is 11.7 Å². The molecule has 1 aliphatic rings. The zero-order valence-corrected chi connectivity index (χ0v) is 10.3. The summed E-state index contributed by atoms with van der Waals surface area (Å²) in [7, 11) is 0. The van der Waals surface area contributed by atoms with E-state index in [-0.39, 0.29) is 11.8 Å². The van der Waals surface area contributed by atoms with Gasteiger partial charge < -0.3 is 10.6 Å². The highest BCUT2D eigenvalue weighted by Crippen LogP contribution is 2.18. The zero-order valence-electron chi connectivity index (χ0n) is 9.50. The first-order valence-corrected chi connectivity index (χ1v) is 6.08. The molecule has 2 rings (SSSR count). The quantitative estimate of drug-likeness (QED) is 0.801. The molecule has 0 aromatic carbocycles. The number of piperidine rings is 1. The minimum Gasteiger partial charge on any atom is -0.393 e. The number of nitrogens with zero attached hydrogens (tertiary/aromatic N) is 2. The van der Waals surface area contributed by atoms with Crippen LogP contribution < -0.4 is 5.73 Å². The number of carbonyl (C=O) groups is 1. The SMILES string of the molecule is NC(=S)C1CCCN(C(=O)c2ccncc2)C1. The normalized spacial score (nSPS) is 20.0. The number of rotatable bonds is 2. The highest BCUT2D eigenvalue weighted by molar-refractivity contribution is 7.80. The molecule has 0 saturated carbocycles. The van der Waals surface area contributed by atoms with E-state index in [0.29, 0.717) is 17.1 Å². The third-order valence-corrected chi connectivity index (χ3v) is 3.37. The Bertz CT molecular complexity index is 421. The van der Waals surface area contributed by atoms with E-state index in [2.05, 4.69) is 4.98 Å². The fraction of sp³-hybridized carbons (Fsp3) is 0.417. The molecule has 0 spiro atoms. The summed E-state index contributed by atoms with van der Waals surface area (Å²) in [5.74, 6) is 0.192. The first-order valence-electron chi connectivity index (χ1n) is 5.67. The zero-order chi connectivity index (χ0) is 12.3. The van der Waals surface area contributed by atoms with E-state index < -0.39 is 0 Å². The Morgan fingerprint density at radius 2 is 2.18 bits per heavy atom. The van der Waals surface area contributed by atoms with Gasteiger partial charge in [-0.25, -0.2) is 0 Å². The molecule has 1 fully saturated rings. The Hall–Kier alpha value is -1.49. The van der Waals surface area contributed by atoms with Crippen LogP contribution >= 0.6 is 12.2 Å². The van der Waals surface area contributed by atoms with Crippen molar-refractivity contribution in [3.63, 3.8) is 0 Å². The molecule has 1 aromatic rings. The van der Waals surface area contributed by atoms with Crippen LogP contribution in [-0.2, 0) is 0 Å². The van der Waals surface area contributed by atoms with E-state index in [0.717, 1.165) is 19.4 Å². The van der Waals surface area contributed by atoms with E-state index in [4.69, 9.17) is 18.0 Å². The molecule has 2 N–H and O–H groups in total. The Balaban J connectivity index is 2.07. The average Bonchev–Trinajstić information content (AvgIpc) is 2.39. The maximum Gasteiger partial charge on any atom is 0.253 e. The highest BCUT2D eigenvalue weighted by atomic mass is 32.1. The molecule has 1 saturated heterocycles. The van der Waals surface area contributed by atoms with Crippen LogP contribution in [0.5, 0.6) is 0 Å². The van der Waals surface area contributed by atoms with Crippen LogP contribution in [0.3, 0.4) is 0 Å². The number of amides is 1. The number of pyridine rings is 1. The van der Waals surface area contributed by atoms with Gasteiger partial charge in [-0.3, -0.25) is 9.78 Å². The van der Waals surface area contributed by atoms with Gasteiger partial charge in [-0.05, 0) is 25.0 Å². The molecule has 0 bridgehead atoms. The van der Waals surface area contributed by atoms with Gasteiger partial charge in [0.05, 0.1) is 4.99 Å². The number of thiocarbonyl (C=S) groups is 1. The second-order valence-electron chi connectivity index (χ2n) is 4.23. The number of nitrogens with two attached hydrogens (primary N) is 1. The molecule has 0 radical (unpaired) electrons. The van der Waals surface area contributed by atoms with Crippen molar-refractivity contribution in [1.82, 2.24) is 9.88 Å². The summed E-state index contributed by atoms with van der Waals surface area (Å²) in [5, 5.41) is 0. The van der Waals surface area contributed by atoms with Gasteiger partial charge in [-0.2, -0.15) is 0 Å². The summed E-state index contributed by atoms with van der Waals surface area (Å²) < 4.78 is 0. The van der Waals surface area contributed by atoms with E-state index in [1.165, 1.54) is 0 Å². The van der Waals surface area contributed by atoms with Crippen molar-refractivity contribution >= 4 is 23.1 Å². The van der Waals surface area contributed by atoms with E-state index in [9.17, 15) is 4.79 Å². The van der Waals surface area contributed by atoms with Crippen molar-refractivity contribution < 1.29 is 4.79 Å². The Morgan fingerprint density at radius 1 is 1.47 bits per heavy atom. The number of likely N-dealkylation sites (tertiary alicyclic amines) is 1. The lowest BCUT2D eigenvalue weighted by Gasteiger charge is -2.32. The molecular formula is C12H15N3OS. The summed E-state index contributed by atoms with van der Waals surface area (Å²) >= 11 is 5.00. The first kappa shape index (κ1) is 12.0. The minimum atomic E-state index is 0.0355. The van der Waals surface area contributed by atoms with E-state index in [1.807, 2.05) is 4.90 Å². The molecular weight excluding hydrogens is 234 g/mol. The monoisotopic (exact) mass is 249 g/mol. The summed E-state index contributed by atoms with van der Waals surface area (Å²) in [6, 6.07) is 3.46. The Labute approximate surface area is 106 Å². The lowest BCUT2D eigenvalue weighted by atomic mass is 9.97. The third kappa shape index (κ3) is 2.79. The second-order valence-corrected chi connectivity index (χ2v) is 4.70. The molecule has 2 heterocycles. The number of carbonyl (C=O) groups excluding carboxylic acids is 1. The van der Waals surface area contributed by atoms with Gasteiger partial charge in [0, 0.05) is 37.0 Å². The van der Waals surface area contributed by atoms with Crippen LogP contribution in [-0.4, -0.2) is 33.9 Å². The molecule has 1 unspecified atom stereocenters. The molecule has 1 amide bonds. The van der Waals surface area contributed by atoms with Crippen molar-refractivity contribution in [1.29, 1.82) is 0 Å². The summed E-state index contributed by atoms with van der Waals surface area (Å²) in [6.45, 7) is 1.41. The van der Waals surface area contributed by atoms with Crippen molar-refractivity contribution in [2.75, 3.05) is 13.1 Å². The first-order chi connectivity index (χ1) is 8.18. The molecule has 1 atom stereocenters. The van der Waals surface area contributed by atoms with E-state index >= 15 is 0 Å². The van der Waals surface area contributed by atoms with Gasteiger partial charge in [-0.1, -0.05) is 12.2 Å². The van der Waals surface area contributed by atoms with Crippen LogP contribution in [0.1, 0.15) is 23.2 Å². The van der Waals surface area contributed by atoms with Crippen LogP contribution in [0, 0.1) is 5.92 Å². The fourth-order valence-electron chi connectivity index (χ4n) is 2.07. The lowest BCUT2D eigenvalue weighted by Crippen LogP contribution is -2.43. The number of hydrogen-bond donors (Lipinski definition) is 1.